The number of esters is 2. The summed E-state index contributed by atoms with van der Waals surface area (Å²) >= 11 is 0. The molecule has 35 heavy (non-hydrogen) atoms. The molecule has 0 spiro atoms. The third kappa shape index (κ3) is 7.18. The smallest absolute Gasteiger partial charge is 0.336 e. The van der Waals surface area contributed by atoms with Crippen molar-refractivity contribution >= 4 is 17.8 Å². The minimum absolute atomic E-state index is 0.175. The zero-order valence-corrected chi connectivity index (χ0v) is 19.5. The summed E-state index contributed by atoms with van der Waals surface area (Å²) < 4.78 is 10.1. The summed E-state index contributed by atoms with van der Waals surface area (Å²) in [6, 6.07) is 24.7. The lowest BCUT2D eigenvalue weighted by Crippen LogP contribution is -2.55. The molecule has 0 saturated carbocycles. The van der Waals surface area contributed by atoms with Gasteiger partial charge in [0.1, 0.15) is 5.75 Å². The van der Waals surface area contributed by atoms with Crippen LogP contribution in [0.15, 0.2) is 97.1 Å². The van der Waals surface area contributed by atoms with Crippen molar-refractivity contribution in [1.82, 2.24) is 5.32 Å². The van der Waals surface area contributed by atoms with E-state index in [1.165, 1.54) is 20.1 Å². The highest BCUT2D eigenvalue weighted by molar-refractivity contribution is 5.99. The fourth-order valence-electron chi connectivity index (χ4n) is 3.38. The quantitative estimate of drug-likeness (QED) is 0.321. The molecule has 0 heterocycles. The van der Waals surface area contributed by atoms with Crippen molar-refractivity contribution in [3.8, 4) is 17.6 Å². The molecule has 0 fully saturated rings. The van der Waals surface area contributed by atoms with Crippen LogP contribution >= 0.6 is 0 Å². The number of carbonyl (C=O) groups is 3. The van der Waals surface area contributed by atoms with Crippen LogP contribution in [-0.4, -0.2) is 30.5 Å². The van der Waals surface area contributed by atoms with Gasteiger partial charge in [-0.15, -0.1) is 0 Å². The Bertz CT molecular complexity index is 1260. The van der Waals surface area contributed by atoms with Gasteiger partial charge < -0.3 is 14.8 Å². The monoisotopic (exact) mass is 467 g/mol. The molecule has 0 aliphatic heterocycles. The van der Waals surface area contributed by atoms with Gasteiger partial charge in [-0.2, -0.15) is 0 Å². The van der Waals surface area contributed by atoms with Gasteiger partial charge in [0, 0.05) is 24.5 Å². The highest BCUT2D eigenvalue weighted by atomic mass is 16.5. The van der Waals surface area contributed by atoms with E-state index in [1.807, 2.05) is 36.4 Å². The van der Waals surface area contributed by atoms with Crippen molar-refractivity contribution in [2.75, 3.05) is 7.11 Å². The van der Waals surface area contributed by atoms with Gasteiger partial charge in [-0.25, -0.2) is 4.79 Å². The lowest BCUT2D eigenvalue weighted by atomic mass is 9.89. The minimum Gasteiger partial charge on any atom is -0.467 e. The third-order valence-corrected chi connectivity index (χ3v) is 5.03. The van der Waals surface area contributed by atoms with Crippen LogP contribution < -0.4 is 10.1 Å². The Morgan fingerprint density at radius 2 is 1.54 bits per heavy atom. The molecule has 6 heteroatoms. The number of hydrogen-bond donors (Lipinski definition) is 1. The van der Waals surface area contributed by atoms with E-state index in [9.17, 15) is 14.4 Å². The number of nitrogens with one attached hydrogen (secondary N) is 1. The van der Waals surface area contributed by atoms with Crippen molar-refractivity contribution in [2.24, 2.45) is 0 Å². The Labute approximate surface area is 204 Å². The van der Waals surface area contributed by atoms with Gasteiger partial charge >= 0.3 is 11.9 Å². The zero-order chi connectivity index (χ0) is 25.1. The number of rotatable bonds is 7. The zero-order valence-electron chi connectivity index (χ0n) is 19.5. The second-order valence-corrected chi connectivity index (χ2v) is 7.67. The maximum atomic E-state index is 13.0. The van der Waals surface area contributed by atoms with Gasteiger partial charge in [0.2, 0.25) is 0 Å². The molecule has 176 valence electrons. The van der Waals surface area contributed by atoms with Crippen LogP contribution in [0.5, 0.6) is 5.75 Å². The Morgan fingerprint density at radius 1 is 0.914 bits per heavy atom. The molecule has 1 amide bonds. The third-order valence-electron chi connectivity index (χ3n) is 5.03. The summed E-state index contributed by atoms with van der Waals surface area (Å²) in [5.41, 5.74) is 0.466. The maximum absolute atomic E-state index is 13.0. The molecule has 0 aliphatic rings. The van der Waals surface area contributed by atoms with Gasteiger partial charge in [-0.1, -0.05) is 60.4 Å². The molecule has 0 unspecified atom stereocenters. The molecule has 1 N–H and O–H groups in total. The topological polar surface area (TPSA) is 81.7 Å². The van der Waals surface area contributed by atoms with E-state index < -0.39 is 23.4 Å². The van der Waals surface area contributed by atoms with Gasteiger partial charge in [0.25, 0.3) is 5.91 Å². The predicted molar refractivity (Wildman–Crippen MR) is 133 cm³/mol. The van der Waals surface area contributed by atoms with Gasteiger partial charge in [0.15, 0.2) is 5.54 Å². The molecule has 3 aromatic rings. The number of carbonyl (C=O) groups excluding carboxylic acids is 3. The van der Waals surface area contributed by atoms with Crippen LogP contribution in [0.25, 0.3) is 0 Å². The first-order chi connectivity index (χ1) is 16.9. The number of ether oxygens (including phenoxy) is 2. The van der Waals surface area contributed by atoms with E-state index in [2.05, 4.69) is 17.2 Å². The van der Waals surface area contributed by atoms with Crippen molar-refractivity contribution < 1.29 is 23.9 Å². The number of benzene rings is 3. The Morgan fingerprint density at radius 3 is 2.14 bits per heavy atom. The fourth-order valence-corrected chi connectivity index (χ4v) is 3.38. The first-order valence-corrected chi connectivity index (χ1v) is 10.9. The Balaban J connectivity index is 1.91. The van der Waals surface area contributed by atoms with Crippen molar-refractivity contribution in [3.05, 3.63) is 114 Å². The van der Waals surface area contributed by atoms with Crippen LogP contribution in [-0.2, 0) is 20.7 Å². The molecule has 0 aromatic heterocycles. The number of methoxy groups -OCH3 is 1. The molecule has 0 aliphatic carbocycles. The van der Waals surface area contributed by atoms with Crippen LogP contribution in [0.3, 0.4) is 0 Å². The lowest BCUT2D eigenvalue weighted by Gasteiger charge is -2.29. The molecule has 3 rings (SSSR count). The minimum atomic E-state index is -1.48. The first-order valence-electron chi connectivity index (χ1n) is 10.9. The fraction of sp³-hybridized carbons (Fsp3) is 0.138. The molecule has 0 saturated heterocycles. The average Bonchev–Trinajstić information content (AvgIpc) is 2.87. The molecule has 0 bridgehead atoms. The molecule has 1 atom stereocenters. The molecular formula is C29H25NO5. The summed E-state index contributed by atoms with van der Waals surface area (Å²) in [5.74, 6) is 4.86. The predicted octanol–water partition coefficient (Wildman–Crippen LogP) is 4.10. The summed E-state index contributed by atoms with van der Waals surface area (Å²) in [7, 11) is 1.28. The van der Waals surface area contributed by atoms with E-state index >= 15 is 0 Å². The van der Waals surface area contributed by atoms with Gasteiger partial charge in [-0.05, 0) is 54.1 Å². The van der Waals surface area contributed by atoms with Gasteiger partial charge in [-0.3, -0.25) is 9.59 Å². The standard InChI is InChI=1S/C29H25NO5/c1-22(31)35-26-18-16-23(17-19-26)11-9-10-20-29(28(33)34-2,21-24-12-5-3-6-13-24)30-27(32)25-14-7-4-8-15-25/h3-8,10,12-20H,21H2,1-2H3,(H,30,32)/b20-10+/t29-/m1/s1. The summed E-state index contributed by atoms with van der Waals surface area (Å²) in [5, 5.41) is 2.85. The van der Waals surface area contributed by atoms with E-state index in [-0.39, 0.29) is 6.42 Å². The highest BCUT2D eigenvalue weighted by Crippen LogP contribution is 2.19. The summed E-state index contributed by atoms with van der Waals surface area (Å²) in [6.07, 6.45) is 3.24. The highest BCUT2D eigenvalue weighted by Gasteiger charge is 2.39. The van der Waals surface area contributed by atoms with Crippen molar-refractivity contribution in [3.63, 3.8) is 0 Å². The van der Waals surface area contributed by atoms with E-state index in [0.29, 0.717) is 16.9 Å². The summed E-state index contributed by atoms with van der Waals surface area (Å²) in [6.45, 7) is 1.33. The van der Waals surface area contributed by atoms with E-state index in [1.54, 1.807) is 54.6 Å². The Kier molecular flexibility index (Phi) is 8.58. The second-order valence-electron chi connectivity index (χ2n) is 7.67. The van der Waals surface area contributed by atoms with E-state index in [4.69, 9.17) is 9.47 Å². The lowest BCUT2D eigenvalue weighted by molar-refractivity contribution is -0.146. The van der Waals surface area contributed by atoms with Crippen LogP contribution in [0.1, 0.15) is 28.4 Å². The van der Waals surface area contributed by atoms with Crippen LogP contribution in [0.4, 0.5) is 0 Å². The SMILES string of the molecule is COC(=O)[C@@](/C=C/C#Cc1ccc(OC(C)=O)cc1)(Cc1ccccc1)NC(=O)c1ccccc1. The Hall–Kier alpha value is -4.63. The van der Waals surface area contributed by atoms with Crippen LogP contribution in [0, 0.1) is 11.8 Å². The maximum Gasteiger partial charge on any atom is 0.336 e. The number of amides is 1. The molecular weight excluding hydrogens is 442 g/mol. The number of allylic oxidation sites excluding steroid dienone is 1. The molecule has 6 nitrogen and oxygen atoms in total. The summed E-state index contributed by atoms with van der Waals surface area (Å²) in [4.78, 5) is 37.1. The second kappa shape index (κ2) is 12.0. The van der Waals surface area contributed by atoms with Gasteiger partial charge in [0.05, 0.1) is 7.11 Å². The molecule has 0 radical (unpaired) electrons. The number of hydrogen-bond acceptors (Lipinski definition) is 5. The normalized spacial score (nSPS) is 12.1. The van der Waals surface area contributed by atoms with Crippen molar-refractivity contribution in [2.45, 2.75) is 18.9 Å². The van der Waals surface area contributed by atoms with E-state index in [0.717, 1.165) is 5.56 Å². The van der Waals surface area contributed by atoms with Crippen molar-refractivity contribution in [1.29, 1.82) is 0 Å². The first kappa shape index (κ1) is 25.0. The average molecular weight is 468 g/mol. The van der Waals surface area contributed by atoms with Crippen LogP contribution in [0.2, 0.25) is 0 Å². The largest absolute Gasteiger partial charge is 0.467 e. The molecule has 3 aromatic carbocycles.